The van der Waals surface area contributed by atoms with Gasteiger partial charge in [-0.15, -0.1) is 23.1 Å². The highest BCUT2D eigenvalue weighted by molar-refractivity contribution is 14.1. The van der Waals surface area contributed by atoms with Crippen molar-refractivity contribution in [3.63, 3.8) is 0 Å². The summed E-state index contributed by atoms with van der Waals surface area (Å²) in [4.78, 5) is 39.8. The van der Waals surface area contributed by atoms with Crippen LogP contribution >= 0.6 is 45.7 Å². The Morgan fingerprint density at radius 1 is 1.46 bits per heavy atom. The second kappa shape index (κ2) is 7.87. The van der Waals surface area contributed by atoms with Gasteiger partial charge in [-0.3, -0.25) is 14.5 Å². The molecule has 26 heavy (non-hydrogen) atoms. The Hall–Kier alpha value is -1.11. The number of nitrogens with one attached hydrogen (secondary N) is 1. The lowest BCUT2D eigenvalue weighted by atomic mass is 9.98. The number of halogens is 1. The maximum atomic E-state index is 12.9. The first-order valence-corrected chi connectivity index (χ1v) is 11.1. The standard InChI is InChI=1S/C16H17IN2O5S2/c1-23-13(21)12-9(7-17)8-26-15-16(24-2,14(22)19(12)15)18-11(20)6-10-4-3-5-25-10/h3-5,15H,6-8H2,1-2H3,(H,18,20)/t15-,16+/m1/s1. The van der Waals surface area contributed by atoms with Crippen LogP contribution in [0.2, 0.25) is 0 Å². The van der Waals surface area contributed by atoms with Crippen molar-refractivity contribution in [2.75, 3.05) is 24.4 Å². The number of nitrogens with zero attached hydrogens (tertiary/aromatic N) is 1. The molecule has 1 saturated heterocycles. The van der Waals surface area contributed by atoms with Crippen LogP contribution in [0.4, 0.5) is 0 Å². The summed E-state index contributed by atoms with van der Waals surface area (Å²) in [5.74, 6) is -0.746. The smallest absolute Gasteiger partial charge is 0.354 e. The Morgan fingerprint density at radius 3 is 2.81 bits per heavy atom. The number of methoxy groups -OCH3 is 2. The van der Waals surface area contributed by atoms with E-state index >= 15 is 0 Å². The monoisotopic (exact) mass is 508 g/mol. The highest BCUT2D eigenvalue weighted by atomic mass is 127. The fourth-order valence-electron chi connectivity index (χ4n) is 2.95. The summed E-state index contributed by atoms with van der Waals surface area (Å²) in [7, 11) is 2.67. The molecule has 0 saturated carbocycles. The number of carbonyl (C=O) groups excluding carboxylic acids is 3. The third-order valence-electron chi connectivity index (χ3n) is 4.21. The van der Waals surface area contributed by atoms with Crippen LogP contribution in [0.3, 0.4) is 0 Å². The van der Waals surface area contributed by atoms with Gasteiger partial charge in [-0.05, 0) is 17.0 Å². The Morgan fingerprint density at radius 2 is 2.23 bits per heavy atom. The van der Waals surface area contributed by atoms with E-state index < -0.39 is 23.0 Å². The van der Waals surface area contributed by atoms with Gasteiger partial charge in [-0.25, -0.2) is 4.79 Å². The number of rotatable bonds is 6. The van der Waals surface area contributed by atoms with Crippen molar-refractivity contribution in [1.29, 1.82) is 0 Å². The van der Waals surface area contributed by atoms with Gasteiger partial charge < -0.3 is 14.8 Å². The molecule has 0 bridgehead atoms. The van der Waals surface area contributed by atoms with Crippen molar-refractivity contribution in [1.82, 2.24) is 10.2 Å². The number of esters is 1. The summed E-state index contributed by atoms with van der Waals surface area (Å²) < 4.78 is 10.9. The zero-order valence-electron chi connectivity index (χ0n) is 14.1. The van der Waals surface area contributed by atoms with Crippen molar-refractivity contribution < 1.29 is 23.9 Å². The van der Waals surface area contributed by atoms with Crippen LogP contribution in [0.5, 0.6) is 0 Å². The average Bonchev–Trinajstić information content (AvgIpc) is 3.16. The van der Waals surface area contributed by atoms with Crippen LogP contribution in [-0.4, -0.2) is 58.2 Å². The summed E-state index contributed by atoms with van der Waals surface area (Å²) >= 11 is 5.09. The van der Waals surface area contributed by atoms with E-state index in [4.69, 9.17) is 9.47 Å². The van der Waals surface area contributed by atoms with Crippen LogP contribution in [0, 0.1) is 0 Å². The largest absolute Gasteiger partial charge is 0.464 e. The summed E-state index contributed by atoms with van der Waals surface area (Å²) in [5.41, 5.74) is -0.368. The molecule has 2 aliphatic rings. The van der Waals surface area contributed by atoms with E-state index in [0.29, 0.717) is 10.2 Å². The van der Waals surface area contributed by atoms with Gasteiger partial charge in [0.2, 0.25) is 5.91 Å². The molecule has 10 heteroatoms. The number of amides is 2. The lowest BCUT2D eigenvalue weighted by molar-refractivity contribution is -0.192. The number of alkyl halides is 1. The van der Waals surface area contributed by atoms with E-state index in [9.17, 15) is 14.4 Å². The molecule has 1 fully saturated rings. The first-order chi connectivity index (χ1) is 12.5. The lowest BCUT2D eigenvalue weighted by Gasteiger charge is -2.55. The number of β-lactam (4-membered cyclic amide) rings is 1. The topological polar surface area (TPSA) is 84.9 Å². The van der Waals surface area contributed by atoms with E-state index in [-0.39, 0.29) is 18.0 Å². The molecule has 3 rings (SSSR count). The number of thioether (sulfide) groups is 1. The van der Waals surface area contributed by atoms with Crippen LogP contribution in [0.15, 0.2) is 28.8 Å². The van der Waals surface area contributed by atoms with Gasteiger partial charge in [0.25, 0.3) is 11.6 Å². The molecule has 2 aliphatic heterocycles. The van der Waals surface area contributed by atoms with Gasteiger partial charge in [-0.1, -0.05) is 28.7 Å². The summed E-state index contributed by atoms with van der Waals surface area (Å²) in [5, 5.41) is 4.12. The minimum atomic E-state index is -1.46. The van der Waals surface area contributed by atoms with Crippen molar-refractivity contribution in [2.24, 2.45) is 0 Å². The molecule has 0 spiro atoms. The zero-order chi connectivity index (χ0) is 18.9. The number of carbonyl (C=O) groups is 3. The Kier molecular flexibility index (Phi) is 5.94. The lowest BCUT2D eigenvalue weighted by Crippen LogP contribution is -2.80. The van der Waals surface area contributed by atoms with Gasteiger partial charge >= 0.3 is 5.97 Å². The molecule has 7 nitrogen and oxygen atoms in total. The highest BCUT2D eigenvalue weighted by Gasteiger charge is 2.66. The SMILES string of the molecule is COC(=O)C1=C(CI)CS[C@H]2N1C(=O)[C@]2(NC(=O)Cc1cccs1)OC. The fraction of sp³-hybridized carbons (Fsp3) is 0.438. The molecule has 3 heterocycles. The second-order valence-electron chi connectivity index (χ2n) is 5.66. The summed E-state index contributed by atoms with van der Waals surface area (Å²) in [6, 6.07) is 3.73. The minimum absolute atomic E-state index is 0.173. The van der Waals surface area contributed by atoms with E-state index in [0.717, 1.165) is 10.5 Å². The zero-order valence-corrected chi connectivity index (χ0v) is 17.9. The third kappa shape index (κ3) is 3.16. The summed E-state index contributed by atoms with van der Waals surface area (Å²) in [6.07, 6.45) is 0.173. The fourth-order valence-corrected chi connectivity index (χ4v) is 6.09. The molecular weight excluding hydrogens is 491 g/mol. The van der Waals surface area contributed by atoms with Gasteiger partial charge in [-0.2, -0.15) is 0 Å². The number of hydrogen-bond donors (Lipinski definition) is 1. The molecule has 1 N–H and O–H groups in total. The molecule has 2 atom stereocenters. The first-order valence-electron chi connectivity index (χ1n) is 7.68. The van der Waals surface area contributed by atoms with Crippen molar-refractivity contribution >= 4 is 63.5 Å². The van der Waals surface area contributed by atoms with Crippen LogP contribution in [0.25, 0.3) is 0 Å². The maximum Gasteiger partial charge on any atom is 0.354 e. The van der Waals surface area contributed by atoms with Gasteiger partial charge in [0.05, 0.1) is 13.5 Å². The van der Waals surface area contributed by atoms with Crippen LogP contribution in [0.1, 0.15) is 4.88 Å². The molecule has 0 aromatic carbocycles. The number of fused-ring (bicyclic) bond motifs is 1. The van der Waals surface area contributed by atoms with Crippen LogP contribution < -0.4 is 5.32 Å². The van der Waals surface area contributed by atoms with E-state index in [1.165, 1.54) is 42.2 Å². The quantitative estimate of drug-likeness (QED) is 0.206. The van der Waals surface area contributed by atoms with E-state index in [2.05, 4.69) is 27.9 Å². The van der Waals surface area contributed by atoms with Crippen molar-refractivity contribution in [2.45, 2.75) is 17.5 Å². The van der Waals surface area contributed by atoms with Crippen LogP contribution in [-0.2, 0) is 30.3 Å². The van der Waals surface area contributed by atoms with Gasteiger partial charge in [0.15, 0.2) is 0 Å². The summed E-state index contributed by atoms with van der Waals surface area (Å²) in [6.45, 7) is 0. The third-order valence-corrected chi connectivity index (χ3v) is 7.38. The molecule has 2 amide bonds. The van der Waals surface area contributed by atoms with Crippen molar-refractivity contribution in [3.05, 3.63) is 33.7 Å². The first kappa shape index (κ1) is 19.6. The highest BCUT2D eigenvalue weighted by Crippen LogP contribution is 2.47. The molecular formula is C16H17IN2O5S2. The van der Waals surface area contributed by atoms with Gasteiger partial charge in [0, 0.05) is 22.2 Å². The number of thiophene rings is 1. The number of hydrogen-bond acceptors (Lipinski definition) is 7. The molecule has 1 aromatic rings. The average molecular weight is 508 g/mol. The minimum Gasteiger partial charge on any atom is -0.464 e. The van der Waals surface area contributed by atoms with Gasteiger partial charge in [0.1, 0.15) is 11.1 Å². The predicted octanol–water partition coefficient (Wildman–Crippen LogP) is 1.53. The Labute approximate surface area is 172 Å². The Balaban J connectivity index is 1.83. The predicted molar refractivity (Wildman–Crippen MR) is 107 cm³/mol. The molecule has 0 unspecified atom stereocenters. The molecule has 0 radical (unpaired) electrons. The number of ether oxygens (including phenoxy) is 2. The normalized spacial score (nSPS) is 24.8. The van der Waals surface area contributed by atoms with E-state index in [1.807, 2.05) is 17.5 Å². The maximum absolute atomic E-state index is 12.9. The molecule has 1 aromatic heterocycles. The van der Waals surface area contributed by atoms with Crippen molar-refractivity contribution in [3.8, 4) is 0 Å². The molecule has 140 valence electrons. The Bertz CT molecular complexity index is 767. The molecule has 0 aliphatic carbocycles. The second-order valence-corrected chi connectivity index (χ2v) is 8.52. The van der Waals surface area contributed by atoms with E-state index in [1.54, 1.807) is 0 Å².